The van der Waals surface area contributed by atoms with Crippen LogP contribution in [0.5, 0.6) is 0 Å². The predicted octanol–water partition coefficient (Wildman–Crippen LogP) is 0.899. The van der Waals surface area contributed by atoms with Gasteiger partial charge in [0, 0.05) is 17.8 Å². The second-order valence-electron chi connectivity index (χ2n) is 3.31. The lowest BCUT2D eigenvalue weighted by molar-refractivity contribution is -0.117. The first kappa shape index (κ1) is 8.74. The van der Waals surface area contributed by atoms with E-state index in [1.54, 1.807) is 12.4 Å². The second-order valence-corrected chi connectivity index (χ2v) is 3.31. The molecule has 3 N–H and O–H groups in total. The molecule has 2 aromatic rings. The van der Waals surface area contributed by atoms with E-state index in [1.807, 2.05) is 13.0 Å². The number of nitrogens with zero attached hydrogens (tertiary/aromatic N) is 1. The number of primary amides is 1. The number of pyridine rings is 1. The van der Waals surface area contributed by atoms with Crippen LogP contribution < -0.4 is 5.73 Å². The van der Waals surface area contributed by atoms with Crippen molar-refractivity contribution in [3.8, 4) is 0 Å². The molecule has 0 bridgehead atoms. The molecular formula is C10H11N3O. The summed E-state index contributed by atoms with van der Waals surface area (Å²) in [6.07, 6.45) is 3.78. The van der Waals surface area contributed by atoms with Crippen molar-refractivity contribution < 1.29 is 4.79 Å². The molecule has 0 aliphatic heterocycles. The van der Waals surface area contributed by atoms with Gasteiger partial charge >= 0.3 is 0 Å². The van der Waals surface area contributed by atoms with Crippen LogP contribution in [-0.4, -0.2) is 15.9 Å². The zero-order chi connectivity index (χ0) is 10.1. The average Bonchev–Trinajstić information content (AvgIpc) is 2.49. The van der Waals surface area contributed by atoms with Gasteiger partial charge in [0.2, 0.25) is 5.91 Å². The van der Waals surface area contributed by atoms with Crippen LogP contribution in [0.15, 0.2) is 18.5 Å². The number of aryl methyl sites for hydroxylation is 1. The van der Waals surface area contributed by atoms with Crippen molar-refractivity contribution in [2.45, 2.75) is 13.3 Å². The van der Waals surface area contributed by atoms with Crippen molar-refractivity contribution in [2.75, 3.05) is 0 Å². The number of carbonyl (C=O) groups excluding carboxylic acids is 1. The summed E-state index contributed by atoms with van der Waals surface area (Å²) in [7, 11) is 0. The number of nitrogens with one attached hydrogen (secondary N) is 1. The molecule has 4 nitrogen and oxygen atoms in total. The van der Waals surface area contributed by atoms with Crippen molar-refractivity contribution >= 4 is 16.9 Å². The Balaban J connectivity index is 2.61. The maximum absolute atomic E-state index is 10.8. The summed E-state index contributed by atoms with van der Waals surface area (Å²) in [5, 5.41) is 1.01. The Kier molecular flexibility index (Phi) is 1.96. The molecule has 72 valence electrons. The minimum atomic E-state index is -0.325. The van der Waals surface area contributed by atoms with Gasteiger partial charge in [0.1, 0.15) is 5.65 Å². The number of fused-ring (bicyclic) bond motifs is 1. The summed E-state index contributed by atoms with van der Waals surface area (Å²) in [4.78, 5) is 18.0. The highest BCUT2D eigenvalue weighted by molar-refractivity contribution is 5.88. The second kappa shape index (κ2) is 3.14. The Hall–Kier alpha value is -1.84. The average molecular weight is 189 g/mol. The van der Waals surface area contributed by atoms with Gasteiger partial charge in [-0.3, -0.25) is 4.79 Å². The first-order chi connectivity index (χ1) is 6.68. The van der Waals surface area contributed by atoms with Crippen molar-refractivity contribution in [3.05, 3.63) is 29.6 Å². The van der Waals surface area contributed by atoms with Crippen LogP contribution in [0.1, 0.15) is 11.1 Å². The first-order valence-electron chi connectivity index (χ1n) is 4.38. The maximum atomic E-state index is 10.8. The van der Waals surface area contributed by atoms with Crippen LogP contribution in [0.4, 0.5) is 0 Å². The van der Waals surface area contributed by atoms with Crippen LogP contribution in [0.2, 0.25) is 0 Å². The van der Waals surface area contributed by atoms with Crippen molar-refractivity contribution in [1.29, 1.82) is 0 Å². The smallest absolute Gasteiger partial charge is 0.221 e. The van der Waals surface area contributed by atoms with E-state index in [0.717, 1.165) is 22.2 Å². The molecule has 2 rings (SSSR count). The van der Waals surface area contributed by atoms with E-state index in [0.29, 0.717) is 0 Å². The monoisotopic (exact) mass is 189 g/mol. The summed E-state index contributed by atoms with van der Waals surface area (Å²) < 4.78 is 0. The number of H-pyrrole nitrogens is 1. The molecular weight excluding hydrogens is 178 g/mol. The van der Waals surface area contributed by atoms with E-state index in [-0.39, 0.29) is 12.3 Å². The highest BCUT2D eigenvalue weighted by Crippen LogP contribution is 2.20. The number of rotatable bonds is 2. The quantitative estimate of drug-likeness (QED) is 0.736. The maximum Gasteiger partial charge on any atom is 0.221 e. The zero-order valence-corrected chi connectivity index (χ0v) is 7.87. The number of carbonyl (C=O) groups is 1. The van der Waals surface area contributed by atoms with Gasteiger partial charge < -0.3 is 10.7 Å². The van der Waals surface area contributed by atoms with Gasteiger partial charge in [-0.1, -0.05) is 0 Å². The summed E-state index contributed by atoms with van der Waals surface area (Å²) >= 11 is 0. The van der Waals surface area contributed by atoms with Gasteiger partial charge in [0.15, 0.2) is 0 Å². The molecule has 0 unspecified atom stereocenters. The molecule has 0 aliphatic rings. The van der Waals surface area contributed by atoms with Gasteiger partial charge in [-0.25, -0.2) is 4.98 Å². The Morgan fingerprint density at radius 1 is 1.64 bits per heavy atom. The molecule has 2 heterocycles. The SMILES string of the molecule is Cc1ccnc2[nH]cc(CC(N)=O)c12. The summed E-state index contributed by atoms with van der Waals surface area (Å²) in [6.45, 7) is 1.99. The Bertz CT molecular complexity index is 487. The lowest BCUT2D eigenvalue weighted by atomic mass is 10.1. The van der Waals surface area contributed by atoms with E-state index < -0.39 is 0 Å². The summed E-state index contributed by atoms with van der Waals surface area (Å²) in [5.74, 6) is -0.325. The first-order valence-corrected chi connectivity index (χ1v) is 4.38. The molecule has 0 radical (unpaired) electrons. The van der Waals surface area contributed by atoms with Crippen LogP contribution in [0, 0.1) is 6.92 Å². The fourth-order valence-corrected chi connectivity index (χ4v) is 1.63. The van der Waals surface area contributed by atoms with Gasteiger partial charge in [-0.2, -0.15) is 0 Å². The van der Waals surface area contributed by atoms with Crippen molar-refractivity contribution in [2.24, 2.45) is 5.73 Å². The van der Waals surface area contributed by atoms with Gasteiger partial charge in [0.05, 0.1) is 6.42 Å². The number of hydrogen-bond acceptors (Lipinski definition) is 2. The lowest BCUT2D eigenvalue weighted by Gasteiger charge is -1.98. The van der Waals surface area contributed by atoms with E-state index >= 15 is 0 Å². The van der Waals surface area contributed by atoms with E-state index in [9.17, 15) is 4.79 Å². The molecule has 2 aromatic heterocycles. The van der Waals surface area contributed by atoms with Crippen LogP contribution >= 0.6 is 0 Å². The van der Waals surface area contributed by atoms with E-state index in [2.05, 4.69) is 9.97 Å². The standard InChI is InChI=1S/C10H11N3O/c1-6-2-3-12-10-9(6)7(5-13-10)4-8(11)14/h2-3,5H,4H2,1H3,(H2,11,14)(H,12,13). The number of aromatic amines is 1. The van der Waals surface area contributed by atoms with Gasteiger partial charge in [0.25, 0.3) is 0 Å². The lowest BCUT2D eigenvalue weighted by Crippen LogP contribution is -2.13. The molecule has 0 aromatic carbocycles. The fourth-order valence-electron chi connectivity index (χ4n) is 1.63. The van der Waals surface area contributed by atoms with Crippen LogP contribution in [0.3, 0.4) is 0 Å². The predicted molar refractivity (Wildman–Crippen MR) is 53.7 cm³/mol. The van der Waals surface area contributed by atoms with E-state index in [1.165, 1.54) is 0 Å². The van der Waals surface area contributed by atoms with E-state index in [4.69, 9.17) is 5.73 Å². The van der Waals surface area contributed by atoms with Crippen molar-refractivity contribution in [3.63, 3.8) is 0 Å². The van der Waals surface area contributed by atoms with Crippen LogP contribution in [0.25, 0.3) is 11.0 Å². The third kappa shape index (κ3) is 1.35. The van der Waals surface area contributed by atoms with Gasteiger partial charge in [-0.15, -0.1) is 0 Å². The normalized spacial score (nSPS) is 10.6. The number of amides is 1. The third-order valence-electron chi connectivity index (χ3n) is 2.23. The highest BCUT2D eigenvalue weighted by Gasteiger charge is 2.08. The minimum Gasteiger partial charge on any atom is -0.369 e. The Morgan fingerprint density at radius 3 is 3.14 bits per heavy atom. The molecule has 4 heteroatoms. The largest absolute Gasteiger partial charge is 0.369 e. The van der Waals surface area contributed by atoms with Gasteiger partial charge in [-0.05, 0) is 24.1 Å². The summed E-state index contributed by atoms with van der Waals surface area (Å²) in [6, 6.07) is 1.92. The Labute approximate surface area is 81.1 Å². The molecule has 0 fully saturated rings. The number of aromatic nitrogens is 2. The number of nitrogens with two attached hydrogens (primary N) is 1. The molecule has 1 amide bonds. The number of hydrogen-bond donors (Lipinski definition) is 2. The molecule has 0 spiro atoms. The molecule has 0 aliphatic carbocycles. The molecule has 0 saturated carbocycles. The highest BCUT2D eigenvalue weighted by atomic mass is 16.1. The minimum absolute atomic E-state index is 0.256. The zero-order valence-electron chi connectivity index (χ0n) is 7.87. The summed E-state index contributed by atoms with van der Waals surface area (Å²) in [5.41, 5.74) is 7.98. The molecule has 0 saturated heterocycles. The Morgan fingerprint density at radius 2 is 2.43 bits per heavy atom. The molecule has 14 heavy (non-hydrogen) atoms. The van der Waals surface area contributed by atoms with Crippen molar-refractivity contribution in [1.82, 2.24) is 9.97 Å². The third-order valence-corrected chi connectivity index (χ3v) is 2.23. The topological polar surface area (TPSA) is 71.8 Å². The van der Waals surface area contributed by atoms with Crippen LogP contribution in [-0.2, 0) is 11.2 Å². The fraction of sp³-hybridized carbons (Fsp3) is 0.200. The molecule has 0 atom stereocenters.